The number of H-pyrrole nitrogens is 1. The van der Waals surface area contributed by atoms with Crippen molar-refractivity contribution in [3.8, 4) is 0 Å². The second-order valence-electron chi connectivity index (χ2n) is 3.14. The zero-order valence-corrected chi connectivity index (χ0v) is 8.54. The van der Waals surface area contributed by atoms with E-state index in [1.807, 2.05) is 0 Å². The molecule has 2 aromatic heterocycles. The molecule has 7 nitrogen and oxygen atoms in total. The maximum absolute atomic E-state index is 11.6. The van der Waals surface area contributed by atoms with Crippen LogP contribution in [-0.2, 0) is 0 Å². The highest BCUT2D eigenvalue weighted by Crippen LogP contribution is 2.06. The molecule has 0 saturated heterocycles. The summed E-state index contributed by atoms with van der Waals surface area (Å²) in [5.74, 6) is -1.41. The highest BCUT2D eigenvalue weighted by molar-refractivity contribution is 6.02. The minimum atomic E-state index is -1.15. The molecule has 1 amide bonds. The van der Waals surface area contributed by atoms with Crippen molar-refractivity contribution < 1.29 is 14.7 Å². The van der Waals surface area contributed by atoms with E-state index in [2.05, 4.69) is 20.5 Å². The first-order valence-corrected chi connectivity index (χ1v) is 4.68. The molecule has 0 aliphatic heterocycles. The Hall–Kier alpha value is -2.70. The highest BCUT2D eigenvalue weighted by Gasteiger charge is 2.10. The summed E-state index contributed by atoms with van der Waals surface area (Å²) < 4.78 is 0. The average Bonchev–Trinajstić information content (AvgIpc) is 2.82. The highest BCUT2D eigenvalue weighted by atomic mass is 16.4. The number of nitrogens with one attached hydrogen (secondary N) is 2. The van der Waals surface area contributed by atoms with Crippen LogP contribution in [0.5, 0.6) is 0 Å². The summed E-state index contributed by atoms with van der Waals surface area (Å²) >= 11 is 0. The number of amides is 1. The average molecular weight is 232 g/mol. The molecule has 0 bridgehead atoms. The Labute approximate surface area is 95.5 Å². The molecule has 2 rings (SSSR count). The summed E-state index contributed by atoms with van der Waals surface area (Å²) in [6.07, 6.45) is 1.44. The number of aromatic nitrogens is 3. The van der Waals surface area contributed by atoms with E-state index in [4.69, 9.17) is 5.11 Å². The zero-order valence-electron chi connectivity index (χ0n) is 8.54. The van der Waals surface area contributed by atoms with Crippen LogP contribution in [0.15, 0.2) is 30.5 Å². The number of carbonyl (C=O) groups excluding carboxylic acids is 1. The van der Waals surface area contributed by atoms with Gasteiger partial charge in [-0.3, -0.25) is 9.89 Å². The van der Waals surface area contributed by atoms with Crippen LogP contribution >= 0.6 is 0 Å². The van der Waals surface area contributed by atoms with Crippen LogP contribution in [0.4, 0.5) is 5.82 Å². The van der Waals surface area contributed by atoms with E-state index in [1.54, 1.807) is 0 Å². The first-order valence-electron chi connectivity index (χ1n) is 4.68. The van der Waals surface area contributed by atoms with Crippen LogP contribution in [0.2, 0.25) is 0 Å². The third-order valence-electron chi connectivity index (χ3n) is 1.96. The summed E-state index contributed by atoms with van der Waals surface area (Å²) in [7, 11) is 0. The standard InChI is InChI=1S/C10H8N4O3/c15-9(6-4-5-11-14-6)13-8-3-1-2-7(12-8)10(16)17/h1-5H,(H,11,14)(H,16,17)(H,12,13,15). The van der Waals surface area contributed by atoms with Crippen LogP contribution in [0, 0.1) is 0 Å². The molecule has 0 aliphatic rings. The SMILES string of the molecule is O=C(O)c1cccc(NC(=O)c2ccn[nH]2)n1. The summed E-state index contributed by atoms with van der Waals surface area (Å²) in [5.41, 5.74) is 0.139. The maximum atomic E-state index is 11.6. The van der Waals surface area contributed by atoms with Crippen molar-refractivity contribution in [1.29, 1.82) is 0 Å². The van der Waals surface area contributed by atoms with Crippen molar-refractivity contribution in [1.82, 2.24) is 15.2 Å². The summed E-state index contributed by atoms with van der Waals surface area (Å²) in [5, 5.41) is 17.3. The van der Waals surface area contributed by atoms with Gasteiger partial charge < -0.3 is 10.4 Å². The molecule has 0 aliphatic carbocycles. The fourth-order valence-corrected chi connectivity index (χ4v) is 1.19. The number of hydrogen-bond acceptors (Lipinski definition) is 4. The van der Waals surface area contributed by atoms with E-state index in [-0.39, 0.29) is 17.2 Å². The molecule has 0 saturated carbocycles. The predicted octanol–water partition coefficient (Wildman–Crippen LogP) is 0.755. The molecule has 0 radical (unpaired) electrons. The summed E-state index contributed by atoms with van der Waals surface area (Å²) in [6.45, 7) is 0. The number of rotatable bonds is 3. The normalized spacial score (nSPS) is 9.88. The lowest BCUT2D eigenvalue weighted by atomic mass is 10.3. The molecule has 0 aromatic carbocycles. The lowest BCUT2D eigenvalue weighted by molar-refractivity contribution is 0.0690. The van der Waals surface area contributed by atoms with E-state index < -0.39 is 11.9 Å². The number of aromatic amines is 1. The third kappa shape index (κ3) is 2.46. The number of hydrogen-bond donors (Lipinski definition) is 3. The molecule has 0 spiro atoms. The largest absolute Gasteiger partial charge is 0.477 e. The van der Waals surface area contributed by atoms with Gasteiger partial charge in [0.25, 0.3) is 5.91 Å². The van der Waals surface area contributed by atoms with Crippen LogP contribution < -0.4 is 5.32 Å². The number of carboxylic acids is 1. The Kier molecular flexibility index (Phi) is 2.82. The van der Waals surface area contributed by atoms with Crippen molar-refractivity contribution >= 4 is 17.7 Å². The molecule has 7 heteroatoms. The van der Waals surface area contributed by atoms with Crippen LogP contribution in [0.1, 0.15) is 21.0 Å². The van der Waals surface area contributed by atoms with Gasteiger partial charge in [0, 0.05) is 6.20 Å². The number of nitrogens with zero attached hydrogens (tertiary/aromatic N) is 2. The van der Waals surface area contributed by atoms with Crippen LogP contribution in [0.3, 0.4) is 0 Å². The van der Waals surface area contributed by atoms with E-state index in [1.165, 1.54) is 30.5 Å². The van der Waals surface area contributed by atoms with E-state index in [9.17, 15) is 9.59 Å². The Morgan fingerprint density at radius 2 is 2.12 bits per heavy atom. The molecule has 0 unspecified atom stereocenters. The maximum Gasteiger partial charge on any atom is 0.354 e. The van der Waals surface area contributed by atoms with Gasteiger partial charge in [-0.1, -0.05) is 6.07 Å². The first-order chi connectivity index (χ1) is 8.16. The molecule has 3 N–H and O–H groups in total. The number of carbonyl (C=O) groups is 2. The minimum Gasteiger partial charge on any atom is -0.477 e. The quantitative estimate of drug-likeness (QED) is 0.723. The second-order valence-corrected chi connectivity index (χ2v) is 3.14. The van der Waals surface area contributed by atoms with Crippen LogP contribution in [-0.4, -0.2) is 32.2 Å². The number of aromatic carboxylic acids is 1. The predicted molar refractivity (Wildman–Crippen MR) is 57.7 cm³/mol. The summed E-state index contributed by atoms with van der Waals surface area (Å²) in [6, 6.07) is 5.84. The van der Waals surface area contributed by atoms with Gasteiger partial charge in [0.1, 0.15) is 11.5 Å². The van der Waals surface area contributed by atoms with Gasteiger partial charge >= 0.3 is 5.97 Å². The van der Waals surface area contributed by atoms with E-state index in [0.29, 0.717) is 0 Å². The Bertz CT molecular complexity index is 550. The smallest absolute Gasteiger partial charge is 0.354 e. The number of anilines is 1. The molecule has 0 fully saturated rings. The lowest BCUT2D eigenvalue weighted by Crippen LogP contribution is -2.14. The summed E-state index contributed by atoms with van der Waals surface area (Å²) in [4.78, 5) is 26.0. The first kappa shape index (κ1) is 10.8. The van der Waals surface area contributed by atoms with Gasteiger partial charge in [-0.05, 0) is 18.2 Å². The van der Waals surface area contributed by atoms with Crippen molar-refractivity contribution in [2.45, 2.75) is 0 Å². The van der Waals surface area contributed by atoms with Gasteiger partial charge in [-0.2, -0.15) is 5.10 Å². The Morgan fingerprint density at radius 1 is 1.29 bits per heavy atom. The molecular formula is C10H8N4O3. The van der Waals surface area contributed by atoms with Gasteiger partial charge in [-0.15, -0.1) is 0 Å². The van der Waals surface area contributed by atoms with Crippen molar-refractivity contribution in [2.75, 3.05) is 5.32 Å². The van der Waals surface area contributed by atoms with Gasteiger partial charge in [0.2, 0.25) is 0 Å². The molecule has 86 valence electrons. The van der Waals surface area contributed by atoms with Gasteiger partial charge in [-0.25, -0.2) is 9.78 Å². The monoisotopic (exact) mass is 232 g/mol. The van der Waals surface area contributed by atoms with Crippen molar-refractivity contribution in [2.24, 2.45) is 0 Å². The molecular weight excluding hydrogens is 224 g/mol. The topological polar surface area (TPSA) is 108 Å². The lowest BCUT2D eigenvalue weighted by Gasteiger charge is -2.02. The number of carboxylic acid groups (broad SMARTS) is 1. The third-order valence-corrected chi connectivity index (χ3v) is 1.96. The molecule has 2 aromatic rings. The number of pyridine rings is 1. The van der Waals surface area contributed by atoms with Gasteiger partial charge in [0.05, 0.1) is 0 Å². The fraction of sp³-hybridized carbons (Fsp3) is 0. The molecule has 2 heterocycles. The molecule has 17 heavy (non-hydrogen) atoms. The van der Waals surface area contributed by atoms with Crippen molar-refractivity contribution in [3.05, 3.63) is 41.9 Å². The van der Waals surface area contributed by atoms with E-state index in [0.717, 1.165) is 0 Å². The fourth-order valence-electron chi connectivity index (χ4n) is 1.19. The minimum absolute atomic E-state index is 0.132. The van der Waals surface area contributed by atoms with Crippen molar-refractivity contribution in [3.63, 3.8) is 0 Å². The zero-order chi connectivity index (χ0) is 12.3. The Morgan fingerprint density at radius 3 is 2.76 bits per heavy atom. The van der Waals surface area contributed by atoms with Gasteiger partial charge in [0.15, 0.2) is 5.69 Å². The van der Waals surface area contributed by atoms with E-state index >= 15 is 0 Å². The van der Waals surface area contributed by atoms with Crippen LogP contribution in [0.25, 0.3) is 0 Å². The second kappa shape index (κ2) is 4.44. The Balaban J connectivity index is 2.16. The molecule has 0 atom stereocenters.